The van der Waals surface area contributed by atoms with Crippen molar-refractivity contribution in [1.29, 1.82) is 0 Å². The second kappa shape index (κ2) is 14.1. The fourth-order valence-corrected chi connectivity index (χ4v) is 6.48. The number of aliphatic imine (C=N–C) groups is 1. The lowest BCUT2D eigenvalue weighted by molar-refractivity contribution is -0.142. The predicted octanol–water partition coefficient (Wildman–Crippen LogP) is 6.55. The molecule has 0 radical (unpaired) electrons. The van der Waals surface area contributed by atoms with Crippen molar-refractivity contribution in [1.82, 2.24) is 0 Å². The van der Waals surface area contributed by atoms with Gasteiger partial charge in [-0.05, 0) is 61.0 Å². The van der Waals surface area contributed by atoms with Crippen LogP contribution in [0, 0.1) is 6.92 Å². The molecular weight excluding hydrogens is 647 g/mol. The number of nitrogens with two attached hydrogens (primary N) is 1. The van der Waals surface area contributed by atoms with Gasteiger partial charge < -0.3 is 21.1 Å². The maximum Gasteiger partial charge on any atom is 0.331 e. The van der Waals surface area contributed by atoms with Crippen molar-refractivity contribution in [2.45, 2.75) is 29.2 Å². The lowest BCUT2D eigenvalue weighted by Gasteiger charge is -2.16. The number of methoxy groups -OCH3 is 1. The number of benzene rings is 4. The molecule has 4 rings (SSSR count). The summed E-state index contributed by atoms with van der Waals surface area (Å²) in [5.74, 6) is -1.41. The van der Waals surface area contributed by atoms with E-state index in [1.165, 1.54) is 37.4 Å². The molecule has 13 heteroatoms. The highest BCUT2D eigenvalue weighted by atomic mass is 35.5. The average molecular weight is 674 g/mol. The Hall–Kier alpha value is -4.09. The van der Waals surface area contributed by atoms with Crippen LogP contribution < -0.4 is 16.4 Å². The summed E-state index contributed by atoms with van der Waals surface area (Å²) >= 11 is 18.6. The van der Waals surface area contributed by atoms with Crippen molar-refractivity contribution >= 4 is 73.9 Å². The molecule has 4 aromatic carbocycles. The van der Waals surface area contributed by atoms with Crippen LogP contribution in [0.2, 0.25) is 15.1 Å². The molecule has 44 heavy (non-hydrogen) atoms. The smallest absolute Gasteiger partial charge is 0.331 e. The van der Waals surface area contributed by atoms with Gasteiger partial charge in [-0.25, -0.2) is 18.2 Å². The molecule has 1 atom stereocenters. The molecule has 0 aliphatic carbocycles. The highest BCUT2D eigenvalue weighted by molar-refractivity contribution is 7.91. The molecule has 0 unspecified atom stereocenters. The van der Waals surface area contributed by atoms with E-state index in [9.17, 15) is 18.0 Å². The Morgan fingerprint density at radius 3 is 2.07 bits per heavy atom. The number of nitrogens with zero attached hydrogens (tertiary/aromatic N) is 1. The number of anilines is 2. The van der Waals surface area contributed by atoms with E-state index in [0.717, 1.165) is 5.56 Å². The minimum absolute atomic E-state index is 0.0123. The molecule has 0 bridgehead atoms. The first-order chi connectivity index (χ1) is 20.9. The van der Waals surface area contributed by atoms with Crippen LogP contribution in [0.15, 0.2) is 99.7 Å². The normalized spacial score (nSPS) is 12.3. The second-order valence-corrected chi connectivity index (χ2v) is 12.7. The van der Waals surface area contributed by atoms with Crippen molar-refractivity contribution in [3.63, 3.8) is 0 Å². The van der Waals surface area contributed by atoms with Gasteiger partial charge in [0.15, 0.2) is 12.0 Å². The molecule has 9 nitrogen and oxygen atoms in total. The Morgan fingerprint density at radius 1 is 0.864 bits per heavy atom. The number of aryl methyl sites for hydroxylation is 1. The van der Waals surface area contributed by atoms with Crippen molar-refractivity contribution in [2.24, 2.45) is 10.7 Å². The van der Waals surface area contributed by atoms with E-state index in [4.69, 9.17) is 45.3 Å². The van der Waals surface area contributed by atoms with Gasteiger partial charge in [0, 0.05) is 12.1 Å². The molecule has 0 aromatic heterocycles. The Balaban J connectivity index is 1.54. The first-order valence-corrected chi connectivity index (χ1v) is 15.6. The third-order valence-electron chi connectivity index (χ3n) is 6.45. The summed E-state index contributed by atoms with van der Waals surface area (Å²) in [5, 5.41) is 6.01. The van der Waals surface area contributed by atoms with Crippen molar-refractivity contribution in [3.8, 4) is 0 Å². The summed E-state index contributed by atoms with van der Waals surface area (Å²) in [5.41, 5.74) is 8.36. The number of ether oxygens (including phenoxy) is 1. The molecule has 0 saturated carbocycles. The van der Waals surface area contributed by atoms with Gasteiger partial charge >= 0.3 is 5.97 Å². The fraction of sp³-hybridized carbons (Fsp3) is 0.129. The molecule has 0 spiro atoms. The van der Waals surface area contributed by atoms with E-state index >= 15 is 0 Å². The molecule has 0 fully saturated rings. The van der Waals surface area contributed by atoms with E-state index in [0.29, 0.717) is 11.3 Å². The first kappa shape index (κ1) is 32.8. The number of nitrogens with one attached hydrogen (secondary N) is 2. The largest absolute Gasteiger partial charge is 0.467 e. The average Bonchev–Trinajstić information content (AvgIpc) is 2.98. The zero-order valence-corrected chi connectivity index (χ0v) is 26.6. The van der Waals surface area contributed by atoms with Gasteiger partial charge in [-0.2, -0.15) is 0 Å². The summed E-state index contributed by atoms with van der Waals surface area (Å²) in [7, 11) is -2.77. The van der Waals surface area contributed by atoms with Gasteiger partial charge in [0.05, 0.1) is 43.2 Å². The quantitative estimate of drug-likeness (QED) is 0.104. The Morgan fingerprint density at radius 2 is 1.45 bits per heavy atom. The van der Waals surface area contributed by atoms with Crippen LogP contribution in [0.3, 0.4) is 0 Å². The number of sulfone groups is 1. The number of carbonyl (C=O) groups excluding carboxylic acids is 2. The van der Waals surface area contributed by atoms with Crippen LogP contribution in [0.1, 0.15) is 21.5 Å². The summed E-state index contributed by atoms with van der Waals surface area (Å²) < 4.78 is 31.8. The highest BCUT2D eigenvalue weighted by Crippen LogP contribution is 2.33. The minimum Gasteiger partial charge on any atom is -0.467 e. The lowest BCUT2D eigenvalue weighted by Crippen LogP contribution is -2.31. The zero-order chi connectivity index (χ0) is 32.0. The summed E-state index contributed by atoms with van der Waals surface area (Å²) in [4.78, 5) is 29.6. The number of rotatable bonds is 9. The number of halogens is 3. The van der Waals surface area contributed by atoms with Gasteiger partial charge in [-0.1, -0.05) is 76.8 Å². The van der Waals surface area contributed by atoms with Crippen LogP contribution in [0.25, 0.3) is 0 Å². The SMILES string of the molecule is COC(=O)[C@H](Cc1ccc(NC(=O)c2c(Cl)cccc2Cl)cc1)N=C(N)Nc1c(Cl)cccc1S(=O)(=O)c1ccc(C)cc1. The van der Waals surface area contributed by atoms with E-state index in [2.05, 4.69) is 15.6 Å². The third kappa shape index (κ3) is 7.70. The molecule has 1 amide bonds. The molecule has 0 heterocycles. The fourth-order valence-electron chi connectivity index (χ4n) is 4.20. The van der Waals surface area contributed by atoms with Crippen LogP contribution >= 0.6 is 34.8 Å². The number of hydrogen-bond donors (Lipinski definition) is 3. The molecule has 4 aromatic rings. The Kier molecular flexibility index (Phi) is 10.5. The number of esters is 1. The first-order valence-electron chi connectivity index (χ1n) is 13.0. The standard InChI is InChI=1S/C31H27Cl3N4O5S/c1-18-9-15-21(16-10-18)44(41,42)26-8-4-7-24(34)28(26)38-31(35)37-25(30(40)43-2)17-19-11-13-20(14-12-19)36-29(39)27-22(32)5-3-6-23(27)33/h3-16,25H,17H2,1-2H3,(H,36,39)(H3,35,37,38)/t25-/m0/s1. The molecule has 0 saturated heterocycles. The molecule has 0 aliphatic heterocycles. The van der Waals surface area contributed by atoms with E-state index in [-0.39, 0.29) is 48.5 Å². The Labute approximate surface area is 269 Å². The van der Waals surface area contributed by atoms with Crippen molar-refractivity contribution < 1.29 is 22.7 Å². The topological polar surface area (TPSA) is 140 Å². The van der Waals surface area contributed by atoms with Gasteiger partial charge in [-0.15, -0.1) is 0 Å². The van der Waals surface area contributed by atoms with Gasteiger partial charge in [0.25, 0.3) is 5.91 Å². The van der Waals surface area contributed by atoms with E-state index in [1.807, 2.05) is 6.92 Å². The van der Waals surface area contributed by atoms with Gasteiger partial charge in [-0.3, -0.25) is 4.79 Å². The van der Waals surface area contributed by atoms with Crippen molar-refractivity contribution in [2.75, 3.05) is 17.7 Å². The second-order valence-electron chi connectivity index (χ2n) is 9.56. The van der Waals surface area contributed by atoms with Crippen LogP contribution in [0.4, 0.5) is 11.4 Å². The van der Waals surface area contributed by atoms with Crippen LogP contribution in [-0.4, -0.2) is 39.4 Å². The van der Waals surface area contributed by atoms with E-state index in [1.54, 1.807) is 54.6 Å². The summed E-state index contributed by atoms with van der Waals surface area (Å²) in [6.45, 7) is 1.85. The molecule has 0 aliphatic rings. The monoisotopic (exact) mass is 672 g/mol. The van der Waals surface area contributed by atoms with Crippen LogP contribution in [-0.2, 0) is 25.8 Å². The molecule has 228 valence electrons. The van der Waals surface area contributed by atoms with Crippen molar-refractivity contribution in [3.05, 3.63) is 117 Å². The number of para-hydroxylation sites is 1. The predicted molar refractivity (Wildman–Crippen MR) is 174 cm³/mol. The number of hydrogen-bond acceptors (Lipinski definition) is 6. The maximum atomic E-state index is 13.4. The third-order valence-corrected chi connectivity index (χ3v) is 9.21. The minimum atomic E-state index is -3.98. The van der Waals surface area contributed by atoms with E-state index < -0.39 is 27.8 Å². The van der Waals surface area contributed by atoms with Gasteiger partial charge in [0.2, 0.25) is 9.84 Å². The summed E-state index contributed by atoms with van der Waals surface area (Å²) in [6, 6.07) is 21.1. The zero-order valence-electron chi connectivity index (χ0n) is 23.5. The number of amides is 1. The summed E-state index contributed by atoms with van der Waals surface area (Å²) in [6.07, 6.45) is 0.0800. The Bertz CT molecular complexity index is 1810. The number of carbonyl (C=O) groups is 2. The molecular formula is C31H27Cl3N4O5S. The van der Waals surface area contributed by atoms with Gasteiger partial charge in [0.1, 0.15) is 0 Å². The lowest BCUT2D eigenvalue weighted by atomic mass is 10.1. The maximum absolute atomic E-state index is 13.4. The number of guanidine groups is 1. The molecule has 4 N–H and O–H groups in total. The highest BCUT2D eigenvalue weighted by Gasteiger charge is 2.25. The van der Waals surface area contributed by atoms with Crippen LogP contribution in [0.5, 0.6) is 0 Å².